The Balaban J connectivity index is 2.53. The second kappa shape index (κ2) is 5.68. The van der Waals surface area contributed by atoms with Crippen LogP contribution in [-0.2, 0) is 0 Å². The number of aromatic nitrogens is 2. The minimum atomic E-state index is -0.957. The van der Waals surface area contributed by atoms with E-state index in [2.05, 4.69) is 10.1 Å². The lowest BCUT2D eigenvalue weighted by Crippen LogP contribution is -2.39. The third kappa shape index (κ3) is 3.27. The van der Waals surface area contributed by atoms with Gasteiger partial charge in [0.2, 0.25) is 0 Å². The first kappa shape index (κ1) is 16.4. The maximum atomic E-state index is 12.8. The molecule has 0 aliphatic heterocycles. The molecule has 2 heterocycles. The van der Waals surface area contributed by atoms with E-state index in [9.17, 15) is 9.90 Å². The van der Waals surface area contributed by atoms with E-state index in [0.29, 0.717) is 22.4 Å². The summed E-state index contributed by atoms with van der Waals surface area (Å²) in [5.41, 5.74) is 1.35. The van der Waals surface area contributed by atoms with Gasteiger partial charge in [-0.3, -0.25) is 4.79 Å². The van der Waals surface area contributed by atoms with Crippen LogP contribution in [0.25, 0.3) is 11.1 Å². The molecular formula is C16H23N3O3. The van der Waals surface area contributed by atoms with Crippen LogP contribution in [-0.4, -0.2) is 45.2 Å². The number of aliphatic hydroxyl groups is 1. The molecular weight excluding hydrogens is 282 g/mol. The first-order chi connectivity index (χ1) is 10.1. The number of hydrogen-bond acceptors (Lipinski definition) is 5. The summed E-state index contributed by atoms with van der Waals surface area (Å²) in [6.45, 7) is 9.37. The van der Waals surface area contributed by atoms with E-state index in [1.165, 1.54) is 4.90 Å². The van der Waals surface area contributed by atoms with Gasteiger partial charge in [0.05, 0.1) is 22.2 Å². The molecule has 120 valence electrons. The van der Waals surface area contributed by atoms with E-state index in [1.54, 1.807) is 33.9 Å². The molecule has 1 amide bonds. The Kier molecular flexibility index (Phi) is 4.24. The van der Waals surface area contributed by atoms with Crippen molar-refractivity contribution in [3.63, 3.8) is 0 Å². The van der Waals surface area contributed by atoms with Crippen LogP contribution in [0, 0.1) is 6.92 Å². The molecule has 2 aromatic heterocycles. The summed E-state index contributed by atoms with van der Waals surface area (Å²) in [5, 5.41) is 14.5. The molecule has 1 N–H and O–H groups in total. The predicted octanol–water partition coefficient (Wildman–Crippen LogP) is 2.50. The van der Waals surface area contributed by atoms with Crippen molar-refractivity contribution in [3.05, 3.63) is 23.0 Å². The van der Waals surface area contributed by atoms with Crippen molar-refractivity contribution in [2.45, 2.75) is 46.1 Å². The van der Waals surface area contributed by atoms with Gasteiger partial charge in [0, 0.05) is 19.3 Å². The topological polar surface area (TPSA) is 79.5 Å². The molecule has 6 heteroatoms. The number of likely N-dealkylation sites (N-methyl/N-ethyl adjacent to an activating group) is 1. The van der Waals surface area contributed by atoms with Crippen LogP contribution in [0.1, 0.15) is 55.4 Å². The summed E-state index contributed by atoms with van der Waals surface area (Å²) in [4.78, 5) is 18.7. The number of hydrogen-bond donors (Lipinski definition) is 1. The van der Waals surface area contributed by atoms with Gasteiger partial charge < -0.3 is 14.5 Å². The molecule has 0 aromatic carbocycles. The maximum Gasteiger partial charge on any atom is 0.259 e. The van der Waals surface area contributed by atoms with Crippen molar-refractivity contribution >= 4 is 17.0 Å². The van der Waals surface area contributed by atoms with Gasteiger partial charge in [-0.2, -0.15) is 0 Å². The highest BCUT2D eigenvalue weighted by Crippen LogP contribution is 2.26. The Morgan fingerprint density at radius 3 is 2.64 bits per heavy atom. The van der Waals surface area contributed by atoms with Gasteiger partial charge in [-0.1, -0.05) is 19.0 Å². The predicted molar refractivity (Wildman–Crippen MR) is 83.9 cm³/mol. The molecule has 0 unspecified atom stereocenters. The lowest BCUT2D eigenvalue weighted by atomic mass is 10.0. The van der Waals surface area contributed by atoms with E-state index in [1.807, 2.05) is 13.8 Å². The Hall–Kier alpha value is -1.95. The van der Waals surface area contributed by atoms with Gasteiger partial charge in [0.25, 0.3) is 11.6 Å². The minimum absolute atomic E-state index is 0.168. The number of fused-ring (bicyclic) bond motifs is 1. The lowest BCUT2D eigenvalue weighted by molar-refractivity contribution is 0.0369. The summed E-state index contributed by atoms with van der Waals surface area (Å²) in [6, 6.07) is 1.79. The van der Waals surface area contributed by atoms with Gasteiger partial charge in [-0.25, -0.2) is 4.98 Å². The van der Waals surface area contributed by atoms with Crippen LogP contribution < -0.4 is 0 Å². The molecule has 0 radical (unpaired) electrons. The first-order valence-corrected chi connectivity index (χ1v) is 7.35. The molecule has 2 rings (SSSR count). The summed E-state index contributed by atoms with van der Waals surface area (Å²) in [5.74, 6) is -0.0105. The highest BCUT2D eigenvalue weighted by Gasteiger charge is 2.25. The van der Waals surface area contributed by atoms with Crippen LogP contribution in [0.3, 0.4) is 0 Å². The van der Waals surface area contributed by atoms with E-state index in [4.69, 9.17) is 4.52 Å². The normalized spacial score (nSPS) is 12.2. The molecule has 0 aliphatic carbocycles. The van der Waals surface area contributed by atoms with Crippen LogP contribution in [0.4, 0.5) is 0 Å². The van der Waals surface area contributed by atoms with E-state index in [-0.39, 0.29) is 18.4 Å². The molecule has 0 bridgehead atoms. The van der Waals surface area contributed by atoms with Crippen LogP contribution >= 0.6 is 0 Å². The monoisotopic (exact) mass is 305 g/mol. The smallest absolute Gasteiger partial charge is 0.259 e. The molecule has 2 aromatic rings. The molecule has 6 nitrogen and oxygen atoms in total. The summed E-state index contributed by atoms with van der Waals surface area (Å²) in [7, 11) is 1.67. The van der Waals surface area contributed by atoms with Crippen LogP contribution in [0.15, 0.2) is 10.6 Å². The van der Waals surface area contributed by atoms with E-state index in [0.717, 1.165) is 5.69 Å². The highest BCUT2D eigenvalue weighted by atomic mass is 16.5. The summed E-state index contributed by atoms with van der Waals surface area (Å²) in [6.07, 6.45) is 0. The molecule has 0 aliphatic rings. The van der Waals surface area contributed by atoms with Crippen molar-refractivity contribution in [1.82, 2.24) is 15.0 Å². The molecule has 0 saturated carbocycles. The Morgan fingerprint density at radius 1 is 1.45 bits per heavy atom. The average molecular weight is 305 g/mol. The zero-order valence-electron chi connectivity index (χ0n) is 14.0. The van der Waals surface area contributed by atoms with Gasteiger partial charge in [-0.05, 0) is 32.8 Å². The number of carbonyl (C=O) groups is 1. The Morgan fingerprint density at radius 2 is 2.09 bits per heavy atom. The van der Waals surface area contributed by atoms with Gasteiger partial charge in [0.1, 0.15) is 0 Å². The number of nitrogens with zero attached hydrogens (tertiary/aromatic N) is 3. The quantitative estimate of drug-likeness (QED) is 0.938. The SMILES string of the molecule is Cc1noc2nc(C(C)C)cc(C(=O)N(C)CC(C)(C)O)c12. The molecule has 0 fully saturated rings. The minimum Gasteiger partial charge on any atom is -0.389 e. The number of amides is 1. The van der Waals surface area contributed by atoms with E-state index >= 15 is 0 Å². The van der Waals surface area contributed by atoms with Crippen molar-refractivity contribution < 1.29 is 14.4 Å². The van der Waals surface area contributed by atoms with Crippen molar-refractivity contribution in [1.29, 1.82) is 0 Å². The fourth-order valence-corrected chi connectivity index (χ4v) is 2.44. The number of rotatable bonds is 4. The Bertz CT molecular complexity index is 698. The fraction of sp³-hybridized carbons (Fsp3) is 0.562. The number of carbonyl (C=O) groups excluding carboxylic acids is 1. The number of pyridine rings is 1. The Labute approximate surface area is 130 Å². The summed E-state index contributed by atoms with van der Waals surface area (Å²) >= 11 is 0. The largest absolute Gasteiger partial charge is 0.389 e. The summed E-state index contributed by atoms with van der Waals surface area (Å²) < 4.78 is 5.23. The zero-order valence-corrected chi connectivity index (χ0v) is 14.0. The third-order valence-electron chi connectivity index (χ3n) is 3.43. The molecule has 22 heavy (non-hydrogen) atoms. The zero-order chi connectivity index (χ0) is 16.7. The highest BCUT2D eigenvalue weighted by molar-refractivity contribution is 6.06. The van der Waals surface area contributed by atoms with E-state index < -0.39 is 5.60 Å². The van der Waals surface area contributed by atoms with Crippen LogP contribution in [0.2, 0.25) is 0 Å². The van der Waals surface area contributed by atoms with Crippen LogP contribution in [0.5, 0.6) is 0 Å². The van der Waals surface area contributed by atoms with Gasteiger partial charge >= 0.3 is 0 Å². The van der Waals surface area contributed by atoms with Crippen molar-refractivity contribution in [2.24, 2.45) is 0 Å². The van der Waals surface area contributed by atoms with Crippen molar-refractivity contribution in [2.75, 3.05) is 13.6 Å². The lowest BCUT2D eigenvalue weighted by Gasteiger charge is -2.26. The van der Waals surface area contributed by atoms with Gasteiger partial charge in [-0.15, -0.1) is 0 Å². The maximum absolute atomic E-state index is 12.8. The second-order valence-corrected chi connectivity index (χ2v) is 6.67. The fourth-order valence-electron chi connectivity index (χ4n) is 2.44. The number of aryl methyl sites for hydroxylation is 1. The van der Waals surface area contributed by atoms with Gasteiger partial charge in [0.15, 0.2) is 0 Å². The second-order valence-electron chi connectivity index (χ2n) is 6.67. The molecule has 0 saturated heterocycles. The molecule has 0 spiro atoms. The third-order valence-corrected chi connectivity index (χ3v) is 3.43. The molecule has 0 atom stereocenters. The average Bonchev–Trinajstić information content (AvgIpc) is 2.76. The standard InChI is InChI=1S/C16H23N3O3/c1-9(2)12-7-11(13-10(3)18-22-14(13)17-12)15(20)19(6)8-16(4,5)21/h7,9,21H,8H2,1-6H3. The van der Waals surface area contributed by atoms with Crippen molar-refractivity contribution in [3.8, 4) is 0 Å². The first-order valence-electron chi connectivity index (χ1n) is 7.35.